The normalized spacial score (nSPS) is 17.1. The van der Waals surface area contributed by atoms with E-state index >= 15 is 0 Å². The molecule has 154 valence electrons. The van der Waals surface area contributed by atoms with Crippen LogP contribution in [-0.4, -0.2) is 55.2 Å². The van der Waals surface area contributed by atoms with Crippen LogP contribution >= 0.6 is 0 Å². The van der Waals surface area contributed by atoms with E-state index in [9.17, 15) is 9.59 Å². The Bertz CT molecular complexity index is 897. The van der Waals surface area contributed by atoms with E-state index in [4.69, 9.17) is 14.0 Å². The summed E-state index contributed by atoms with van der Waals surface area (Å²) in [7, 11) is 3.15. The maximum absolute atomic E-state index is 12.8. The lowest BCUT2D eigenvalue weighted by atomic mass is 9.95. The third kappa shape index (κ3) is 4.21. The van der Waals surface area contributed by atoms with Gasteiger partial charge in [-0.3, -0.25) is 9.59 Å². The summed E-state index contributed by atoms with van der Waals surface area (Å²) in [6.45, 7) is 1.07. The van der Waals surface area contributed by atoms with Crippen LogP contribution in [-0.2, 0) is 4.79 Å². The summed E-state index contributed by atoms with van der Waals surface area (Å²) in [4.78, 5) is 26.8. The number of piperidine rings is 1. The second kappa shape index (κ2) is 8.14. The van der Waals surface area contributed by atoms with Crippen molar-refractivity contribution in [3.63, 3.8) is 0 Å². The van der Waals surface area contributed by atoms with Gasteiger partial charge in [-0.25, -0.2) is 0 Å². The van der Waals surface area contributed by atoms with E-state index in [0.717, 1.165) is 12.8 Å². The molecule has 29 heavy (non-hydrogen) atoms. The second-order valence-corrected chi connectivity index (χ2v) is 7.49. The Kier molecular flexibility index (Phi) is 5.42. The second-order valence-electron chi connectivity index (χ2n) is 7.49. The third-order valence-electron chi connectivity index (χ3n) is 5.48. The SMILES string of the molecule is COc1ccc(OC)c(-c2cc(C(=O)N3CCC(C(=O)NC4CC4)CC3)no2)c1. The average Bonchev–Trinajstić information content (AvgIpc) is 3.44. The van der Waals surface area contributed by atoms with Gasteiger partial charge in [-0.05, 0) is 43.9 Å². The largest absolute Gasteiger partial charge is 0.497 e. The van der Waals surface area contributed by atoms with E-state index in [1.54, 1.807) is 43.4 Å². The van der Waals surface area contributed by atoms with Gasteiger partial charge in [0.2, 0.25) is 5.91 Å². The fourth-order valence-corrected chi connectivity index (χ4v) is 3.56. The van der Waals surface area contributed by atoms with E-state index in [-0.39, 0.29) is 23.4 Å². The van der Waals surface area contributed by atoms with E-state index < -0.39 is 0 Å². The first-order valence-electron chi connectivity index (χ1n) is 9.88. The van der Waals surface area contributed by atoms with Crippen LogP contribution in [0.1, 0.15) is 36.2 Å². The summed E-state index contributed by atoms with van der Waals surface area (Å²) in [5, 5.41) is 7.01. The fraction of sp³-hybridized carbons (Fsp3) is 0.476. The van der Waals surface area contributed by atoms with Gasteiger partial charge >= 0.3 is 0 Å². The Morgan fingerprint density at radius 2 is 1.86 bits per heavy atom. The molecule has 4 rings (SSSR count). The van der Waals surface area contributed by atoms with Gasteiger partial charge in [0.05, 0.1) is 19.8 Å². The molecule has 0 spiro atoms. The Morgan fingerprint density at radius 3 is 2.52 bits per heavy atom. The fourth-order valence-electron chi connectivity index (χ4n) is 3.56. The first-order chi connectivity index (χ1) is 14.1. The number of nitrogens with zero attached hydrogens (tertiary/aromatic N) is 2. The first kappa shape index (κ1) is 19.3. The van der Waals surface area contributed by atoms with E-state index in [0.29, 0.717) is 54.8 Å². The van der Waals surface area contributed by atoms with E-state index in [1.165, 1.54) is 0 Å². The molecular weight excluding hydrogens is 374 g/mol. The van der Waals surface area contributed by atoms with Crippen molar-refractivity contribution in [1.29, 1.82) is 0 Å². The van der Waals surface area contributed by atoms with Crippen molar-refractivity contribution in [3.8, 4) is 22.8 Å². The number of nitrogens with one attached hydrogen (secondary N) is 1. The highest BCUT2D eigenvalue weighted by Gasteiger charge is 2.32. The van der Waals surface area contributed by atoms with Crippen molar-refractivity contribution in [2.45, 2.75) is 31.7 Å². The first-order valence-corrected chi connectivity index (χ1v) is 9.88. The minimum atomic E-state index is -0.192. The monoisotopic (exact) mass is 399 g/mol. The summed E-state index contributed by atoms with van der Waals surface area (Å²) >= 11 is 0. The van der Waals surface area contributed by atoms with Crippen LogP contribution < -0.4 is 14.8 Å². The average molecular weight is 399 g/mol. The topological polar surface area (TPSA) is 93.9 Å². The van der Waals surface area contributed by atoms with Crippen molar-refractivity contribution in [2.75, 3.05) is 27.3 Å². The Hall–Kier alpha value is -3.03. The van der Waals surface area contributed by atoms with E-state index in [2.05, 4.69) is 10.5 Å². The molecule has 2 heterocycles. The highest BCUT2D eigenvalue weighted by molar-refractivity contribution is 5.93. The van der Waals surface area contributed by atoms with Gasteiger partial charge in [0, 0.05) is 31.1 Å². The number of carbonyl (C=O) groups is 2. The number of ether oxygens (including phenoxy) is 2. The summed E-state index contributed by atoms with van der Waals surface area (Å²) in [5.74, 6) is 1.59. The maximum atomic E-state index is 12.8. The van der Waals surface area contributed by atoms with Gasteiger partial charge in [-0.2, -0.15) is 0 Å². The molecule has 0 unspecified atom stereocenters. The van der Waals surface area contributed by atoms with Crippen LogP contribution in [0.25, 0.3) is 11.3 Å². The van der Waals surface area contributed by atoms with Crippen LogP contribution in [0.15, 0.2) is 28.8 Å². The maximum Gasteiger partial charge on any atom is 0.276 e. The summed E-state index contributed by atoms with van der Waals surface area (Å²) in [6.07, 6.45) is 3.49. The molecule has 8 heteroatoms. The molecule has 0 atom stereocenters. The molecule has 1 aliphatic heterocycles. The molecule has 2 fully saturated rings. The molecule has 2 aromatic rings. The van der Waals surface area contributed by atoms with Gasteiger partial charge < -0.3 is 24.2 Å². The molecule has 1 aliphatic carbocycles. The molecule has 0 bridgehead atoms. The molecule has 2 aliphatic rings. The molecule has 1 saturated heterocycles. The molecular formula is C21H25N3O5. The number of benzene rings is 1. The Morgan fingerprint density at radius 1 is 1.10 bits per heavy atom. The van der Waals surface area contributed by atoms with Crippen LogP contribution in [0.4, 0.5) is 0 Å². The number of amides is 2. The van der Waals surface area contributed by atoms with Crippen LogP contribution in [0.2, 0.25) is 0 Å². The third-order valence-corrected chi connectivity index (χ3v) is 5.48. The lowest BCUT2D eigenvalue weighted by Crippen LogP contribution is -2.43. The number of rotatable bonds is 6. The molecule has 2 amide bonds. The summed E-state index contributed by atoms with van der Waals surface area (Å²) < 4.78 is 16.0. The number of carbonyl (C=O) groups excluding carboxylic acids is 2. The zero-order valence-corrected chi connectivity index (χ0v) is 16.6. The van der Waals surface area contributed by atoms with Crippen molar-refractivity contribution >= 4 is 11.8 Å². The lowest BCUT2D eigenvalue weighted by molar-refractivity contribution is -0.126. The lowest BCUT2D eigenvalue weighted by Gasteiger charge is -2.30. The van der Waals surface area contributed by atoms with Crippen molar-refractivity contribution < 1.29 is 23.6 Å². The Labute approximate surface area is 169 Å². The minimum Gasteiger partial charge on any atom is -0.497 e. The van der Waals surface area contributed by atoms with Crippen molar-refractivity contribution in [2.24, 2.45) is 5.92 Å². The quantitative estimate of drug-likeness (QED) is 0.802. The number of likely N-dealkylation sites (tertiary alicyclic amines) is 1. The summed E-state index contributed by atoms with van der Waals surface area (Å²) in [5.41, 5.74) is 0.902. The predicted octanol–water partition coefficient (Wildman–Crippen LogP) is 2.49. The molecule has 0 radical (unpaired) electrons. The predicted molar refractivity (Wildman–Crippen MR) is 105 cm³/mol. The van der Waals surface area contributed by atoms with Gasteiger partial charge in [0.25, 0.3) is 5.91 Å². The van der Waals surface area contributed by atoms with E-state index in [1.807, 2.05) is 0 Å². The number of methoxy groups -OCH3 is 2. The highest BCUT2D eigenvalue weighted by atomic mass is 16.5. The van der Waals surface area contributed by atoms with Gasteiger partial charge in [0.15, 0.2) is 11.5 Å². The molecule has 8 nitrogen and oxygen atoms in total. The summed E-state index contributed by atoms with van der Waals surface area (Å²) in [6, 6.07) is 7.32. The van der Waals surface area contributed by atoms with Gasteiger partial charge in [0.1, 0.15) is 11.5 Å². The molecule has 1 aromatic carbocycles. The number of hydrogen-bond donors (Lipinski definition) is 1. The highest BCUT2D eigenvalue weighted by Crippen LogP contribution is 2.34. The number of aromatic nitrogens is 1. The molecule has 1 saturated carbocycles. The standard InChI is InChI=1S/C21H25N3O5/c1-27-15-5-6-18(28-2)16(11-15)19-12-17(23-29-19)21(26)24-9-7-13(8-10-24)20(25)22-14-3-4-14/h5-6,11-14H,3-4,7-10H2,1-2H3,(H,22,25). The number of hydrogen-bond acceptors (Lipinski definition) is 6. The van der Waals surface area contributed by atoms with Gasteiger partial charge in [-0.15, -0.1) is 0 Å². The smallest absolute Gasteiger partial charge is 0.276 e. The van der Waals surface area contributed by atoms with Crippen molar-refractivity contribution in [3.05, 3.63) is 30.0 Å². The van der Waals surface area contributed by atoms with Crippen LogP contribution in [0.3, 0.4) is 0 Å². The van der Waals surface area contributed by atoms with Crippen LogP contribution in [0, 0.1) is 5.92 Å². The zero-order valence-electron chi connectivity index (χ0n) is 16.6. The molecule has 1 N–H and O–H groups in total. The Balaban J connectivity index is 1.42. The molecule has 1 aromatic heterocycles. The van der Waals surface area contributed by atoms with Gasteiger partial charge in [-0.1, -0.05) is 5.16 Å². The van der Waals surface area contributed by atoms with Crippen LogP contribution in [0.5, 0.6) is 11.5 Å². The minimum absolute atomic E-state index is 0.0198. The van der Waals surface area contributed by atoms with Crippen molar-refractivity contribution in [1.82, 2.24) is 15.4 Å². The zero-order chi connectivity index (χ0) is 20.4.